The average Bonchev–Trinajstić information content (AvgIpc) is 2.58. The van der Waals surface area contributed by atoms with Crippen molar-refractivity contribution in [3.05, 3.63) is 47.9 Å². The minimum atomic E-state index is -0.356. The molecule has 24 heavy (non-hydrogen) atoms. The second kappa shape index (κ2) is 5.89. The van der Waals surface area contributed by atoms with Crippen molar-refractivity contribution in [3.63, 3.8) is 0 Å². The first kappa shape index (κ1) is 15.1. The van der Waals surface area contributed by atoms with E-state index >= 15 is 0 Å². The summed E-state index contributed by atoms with van der Waals surface area (Å²) >= 11 is 0. The molecule has 2 unspecified atom stereocenters. The van der Waals surface area contributed by atoms with Crippen molar-refractivity contribution in [1.82, 2.24) is 9.88 Å². The Morgan fingerprint density at radius 3 is 2.71 bits per heavy atom. The maximum absolute atomic E-state index is 13.1. The van der Waals surface area contributed by atoms with Crippen LogP contribution in [0.5, 0.6) is 0 Å². The Kier molecular flexibility index (Phi) is 3.71. The highest BCUT2D eigenvalue weighted by Gasteiger charge is 2.44. The van der Waals surface area contributed by atoms with E-state index in [-0.39, 0.29) is 11.8 Å². The molecule has 2 aliphatic rings. The molecule has 0 spiro atoms. The number of urea groups is 1. The number of hydrogen-bond donors (Lipinski definition) is 1. The van der Waals surface area contributed by atoms with E-state index in [4.69, 9.17) is 0 Å². The molecule has 2 atom stereocenters. The van der Waals surface area contributed by atoms with Crippen molar-refractivity contribution in [3.8, 4) is 11.3 Å². The quantitative estimate of drug-likeness (QED) is 0.892. The monoisotopic (exact) mass is 325 g/mol. The summed E-state index contributed by atoms with van der Waals surface area (Å²) in [7, 11) is 0. The molecule has 5 heteroatoms. The molecule has 2 aliphatic heterocycles. The first-order valence-corrected chi connectivity index (χ1v) is 8.44. The van der Waals surface area contributed by atoms with Crippen molar-refractivity contribution < 1.29 is 9.18 Å². The van der Waals surface area contributed by atoms with Gasteiger partial charge in [0.2, 0.25) is 0 Å². The summed E-state index contributed by atoms with van der Waals surface area (Å²) in [6, 6.07) is 9.61. The number of aryl methyl sites for hydroxylation is 1. The van der Waals surface area contributed by atoms with Crippen LogP contribution < -0.4 is 5.32 Å². The second-order valence-electron chi connectivity index (χ2n) is 6.70. The Morgan fingerprint density at radius 1 is 1.25 bits per heavy atom. The molecule has 1 N–H and O–H groups in total. The van der Waals surface area contributed by atoms with E-state index in [1.807, 2.05) is 30.0 Å². The SMILES string of the molecule is Cc1ccc(NC(=O)N2C3CCCC2C3)cc1-c1ccc(F)cn1. The van der Waals surface area contributed by atoms with Gasteiger partial charge in [-0.25, -0.2) is 9.18 Å². The van der Waals surface area contributed by atoms with Gasteiger partial charge in [0.05, 0.1) is 11.9 Å². The molecule has 0 radical (unpaired) electrons. The zero-order valence-electron chi connectivity index (χ0n) is 13.6. The summed E-state index contributed by atoms with van der Waals surface area (Å²) in [5.41, 5.74) is 3.38. The van der Waals surface area contributed by atoms with E-state index in [1.54, 1.807) is 6.07 Å². The van der Waals surface area contributed by atoms with E-state index in [9.17, 15) is 9.18 Å². The van der Waals surface area contributed by atoms with Crippen LogP contribution in [-0.2, 0) is 0 Å². The molecule has 2 amide bonds. The fourth-order valence-corrected chi connectivity index (χ4v) is 3.83. The highest BCUT2D eigenvalue weighted by atomic mass is 19.1. The lowest BCUT2D eigenvalue weighted by Gasteiger charge is -2.52. The largest absolute Gasteiger partial charge is 0.322 e. The predicted molar refractivity (Wildman–Crippen MR) is 91.3 cm³/mol. The Balaban J connectivity index is 1.55. The van der Waals surface area contributed by atoms with Gasteiger partial charge in [-0.3, -0.25) is 4.98 Å². The predicted octanol–water partition coefficient (Wildman–Crippen LogP) is 4.35. The first-order chi connectivity index (χ1) is 11.6. The van der Waals surface area contributed by atoms with E-state index in [0.29, 0.717) is 17.8 Å². The number of anilines is 1. The van der Waals surface area contributed by atoms with Crippen molar-refractivity contribution in [2.75, 3.05) is 5.32 Å². The number of amides is 2. The molecule has 2 fully saturated rings. The van der Waals surface area contributed by atoms with Gasteiger partial charge < -0.3 is 10.2 Å². The number of carbonyl (C=O) groups is 1. The number of fused-ring (bicyclic) bond motifs is 2. The van der Waals surface area contributed by atoms with Gasteiger partial charge in [-0.15, -0.1) is 0 Å². The summed E-state index contributed by atoms with van der Waals surface area (Å²) in [6.07, 6.45) is 5.81. The molecule has 124 valence electrons. The number of rotatable bonds is 2. The molecule has 4 nitrogen and oxygen atoms in total. The molecule has 4 rings (SSSR count). The summed E-state index contributed by atoms with van der Waals surface area (Å²) in [5, 5.41) is 3.01. The number of benzene rings is 1. The lowest BCUT2D eigenvalue weighted by atomic mass is 9.80. The number of piperidine rings is 1. The fourth-order valence-electron chi connectivity index (χ4n) is 3.83. The highest BCUT2D eigenvalue weighted by molar-refractivity contribution is 5.91. The summed E-state index contributed by atoms with van der Waals surface area (Å²) in [6.45, 7) is 1.98. The van der Waals surface area contributed by atoms with Gasteiger partial charge >= 0.3 is 6.03 Å². The number of aromatic nitrogens is 1. The van der Waals surface area contributed by atoms with E-state index in [0.717, 1.165) is 36.1 Å². The van der Waals surface area contributed by atoms with E-state index in [1.165, 1.54) is 18.7 Å². The van der Waals surface area contributed by atoms with Crippen LogP contribution in [0.3, 0.4) is 0 Å². The Hall–Kier alpha value is -2.43. The maximum atomic E-state index is 13.1. The smallest absolute Gasteiger partial charge is 0.318 e. The zero-order chi connectivity index (χ0) is 16.7. The number of hydrogen-bond acceptors (Lipinski definition) is 2. The summed E-state index contributed by atoms with van der Waals surface area (Å²) < 4.78 is 13.1. The Morgan fingerprint density at radius 2 is 2.04 bits per heavy atom. The number of pyridine rings is 1. The molecule has 2 saturated heterocycles. The molecule has 0 saturated carbocycles. The van der Waals surface area contributed by atoms with Crippen LogP contribution in [0.15, 0.2) is 36.5 Å². The van der Waals surface area contributed by atoms with Gasteiger partial charge in [-0.2, -0.15) is 0 Å². The average molecular weight is 325 g/mol. The lowest BCUT2D eigenvalue weighted by molar-refractivity contribution is 0.0173. The molecule has 0 aliphatic carbocycles. The third-order valence-corrected chi connectivity index (χ3v) is 5.13. The van der Waals surface area contributed by atoms with Gasteiger partial charge in [0, 0.05) is 23.3 Å². The van der Waals surface area contributed by atoms with Gasteiger partial charge in [0.1, 0.15) is 5.82 Å². The Bertz CT molecular complexity index is 761. The number of halogens is 1. The van der Waals surface area contributed by atoms with Gasteiger partial charge in [0.15, 0.2) is 0 Å². The topological polar surface area (TPSA) is 45.2 Å². The van der Waals surface area contributed by atoms with Crippen molar-refractivity contribution in [1.29, 1.82) is 0 Å². The van der Waals surface area contributed by atoms with E-state index in [2.05, 4.69) is 10.3 Å². The molecule has 2 aromatic rings. The van der Waals surface area contributed by atoms with Crippen LogP contribution in [0.4, 0.5) is 14.9 Å². The van der Waals surface area contributed by atoms with Gasteiger partial charge in [-0.05, 0) is 62.4 Å². The first-order valence-electron chi connectivity index (χ1n) is 8.44. The maximum Gasteiger partial charge on any atom is 0.322 e. The zero-order valence-corrected chi connectivity index (χ0v) is 13.6. The van der Waals surface area contributed by atoms with Crippen LogP contribution in [0.2, 0.25) is 0 Å². The molecule has 2 bridgehead atoms. The van der Waals surface area contributed by atoms with Crippen molar-refractivity contribution >= 4 is 11.7 Å². The van der Waals surface area contributed by atoms with Crippen molar-refractivity contribution in [2.45, 2.75) is 44.7 Å². The van der Waals surface area contributed by atoms with E-state index < -0.39 is 0 Å². The number of nitrogens with zero attached hydrogens (tertiary/aromatic N) is 2. The lowest BCUT2D eigenvalue weighted by Crippen LogP contribution is -2.62. The van der Waals surface area contributed by atoms with Gasteiger partial charge in [0.25, 0.3) is 0 Å². The summed E-state index contributed by atoms with van der Waals surface area (Å²) in [5.74, 6) is -0.356. The van der Waals surface area contributed by atoms with Crippen LogP contribution in [-0.4, -0.2) is 28.0 Å². The van der Waals surface area contributed by atoms with Gasteiger partial charge in [-0.1, -0.05) is 6.07 Å². The highest BCUT2D eigenvalue weighted by Crippen LogP contribution is 2.38. The van der Waals surface area contributed by atoms with Crippen LogP contribution >= 0.6 is 0 Å². The third-order valence-electron chi connectivity index (χ3n) is 5.13. The normalized spacial score (nSPS) is 22.0. The molecule has 1 aromatic carbocycles. The summed E-state index contributed by atoms with van der Waals surface area (Å²) in [4.78, 5) is 18.7. The molecule has 3 heterocycles. The van der Waals surface area contributed by atoms with Crippen molar-refractivity contribution in [2.24, 2.45) is 0 Å². The number of nitrogens with one attached hydrogen (secondary N) is 1. The third kappa shape index (κ3) is 2.64. The minimum absolute atomic E-state index is 0.0159. The van der Waals surface area contributed by atoms with Crippen LogP contribution in [0, 0.1) is 12.7 Å². The molecule has 1 aromatic heterocycles. The number of carbonyl (C=O) groups excluding carboxylic acids is 1. The molecular formula is C19H20FN3O. The molecular weight excluding hydrogens is 305 g/mol. The minimum Gasteiger partial charge on any atom is -0.318 e. The second-order valence-corrected chi connectivity index (χ2v) is 6.70. The fraction of sp³-hybridized carbons (Fsp3) is 0.368. The van der Waals surface area contributed by atoms with Crippen LogP contribution in [0.1, 0.15) is 31.2 Å². The Labute approximate surface area is 140 Å². The standard InChI is InChI=1S/C19H20FN3O/c1-12-5-7-14(9-17(12)18-8-6-13(20)11-21-18)22-19(24)23-15-3-2-4-16(23)10-15/h5-9,11,15-16H,2-4,10H2,1H3,(H,22,24). The van der Waals surface area contributed by atoms with Crippen LogP contribution in [0.25, 0.3) is 11.3 Å².